The standard InChI is InChI=1S/C14H7BrClF5/c15-10-6-11(17)8(5-12(10)18)13(16)7-3-1-2-4-9(7)14(19,20)21/h1-6,13H. The second kappa shape index (κ2) is 5.93. The molecule has 7 heteroatoms. The summed E-state index contributed by atoms with van der Waals surface area (Å²) in [7, 11) is 0. The van der Waals surface area contributed by atoms with E-state index in [0.717, 1.165) is 24.3 Å². The number of benzene rings is 2. The van der Waals surface area contributed by atoms with E-state index >= 15 is 0 Å². The summed E-state index contributed by atoms with van der Waals surface area (Å²) in [5.41, 5.74) is -1.66. The average molecular weight is 386 g/mol. The summed E-state index contributed by atoms with van der Waals surface area (Å²) in [5, 5.41) is -1.45. The van der Waals surface area contributed by atoms with Crippen LogP contribution in [0, 0.1) is 11.6 Å². The molecule has 0 heterocycles. The van der Waals surface area contributed by atoms with Crippen molar-refractivity contribution in [1.82, 2.24) is 0 Å². The maximum atomic E-state index is 13.8. The molecule has 0 amide bonds. The molecule has 0 radical (unpaired) electrons. The molecule has 0 N–H and O–H groups in total. The van der Waals surface area contributed by atoms with Crippen LogP contribution in [-0.4, -0.2) is 0 Å². The molecule has 0 aliphatic rings. The molecule has 2 aromatic rings. The van der Waals surface area contributed by atoms with Crippen LogP contribution in [0.5, 0.6) is 0 Å². The van der Waals surface area contributed by atoms with Gasteiger partial charge < -0.3 is 0 Å². The Bertz CT molecular complexity index is 669. The minimum Gasteiger partial charge on any atom is -0.207 e. The fourth-order valence-electron chi connectivity index (χ4n) is 1.88. The van der Waals surface area contributed by atoms with Crippen LogP contribution in [-0.2, 0) is 6.18 Å². The van der Waals surface area contributed by atoms with Gasteiger partial charge in [-0.15, -0.1) is 11.6 Å². The summed E-state index contributed by atoms with van der Waals surface area (Å²) >= 11 is 8.74. The first kappa shape index (κ1) is 16.2. The van der Waals surface area contributed by atoms with E-state index < -0.39 is 28.8 Å². The lowest BCUT2D eigenvalue weighted by molar-refractivity contribution is -0.138. The van der Waals surface area contributed by atoms with Crippen LogP contribution in [0.3, 0.4) is 0 Å². The van der Waals surface area contributed by atoms with Crippen molar-refractivity contribution < 1.29 is 22.0 Å². The van der Waals surface area contributed by atoms with Crippen LogP contribution in [0.2, 0.25) is 0 Å². The molecule has 2 rings (SSSR count). The first-order valence-electron chi connectivity index (χ1n) is 5.66. The highest BCUT2D eigenvalue weighted by molar-refractivity contribution is 9.10. The SMILES string of the molecule is Fc1cc(C(Cl)c2ccccc2C(F)(F)F)c(F)cc1Br. The maximum Gasteiger partial charge on any atom is 0.416 e. The van der Waals surface area contributed by atoms with Crippen LogP contribution in [0.25, 0.3) is 0 Å². The van der Waals surface area contributed by atoms with E-state index in [2.05, 4.69) is 15.9 Å². The highest BCUT2D eigenvalue weighted by Gasteiger charge is 2.35. The van der Waals surface area contributed by atoms with Crippen LogP contribution in [0.1, 0.15) is 22.1 Å². The van der Waals surface area contributed by atoms with E-state index in [4.69, 9.17) is 11.6 Å². The molecule has 1 atom stereocenters. The lowest BCUT2D eigenvalue weighted by Gasteiger charge is -2.18. The van der Waals surface area contributed by atoms with Crippen LogP contribution >= 0.6 is 27.5 Å². The highest BCUT2D eigenvalue weighted by atomic mass is 79.9. The normalized spacial score (nSPS) is 13.3. The number of halogens is 7. The Labute approximate surface area is 130 Å². The Hall–Kier alpha value is -1.14. The Morgan fingerprint density at radius 3 is 2.19 bits per heavy atom. The minimum atomic E-state index is -4.63. The Morgan fingerprint density at radius 1 is 0.952 bits per heavy atom. The molecular weight excluding hydrogens is 379 g/mol. The minimum absolute atomic E-state index is 0.128. The van der Waals surface area contributed by atoms with Gasteiger partial charge in [0.2, 0.25) is 0 Å². The van der Waals surface area contributed by atoms with Crippen molar-refractivity contribution in [3.63, 3.8) is 0 Å². The predicted molar refractivity (Wildman–Crippen MR) is 73.2 cm³/mol. The zero-order valence-electron chi connectivity index (χ0n) is 10.2. The quantitative estimate of drug-likeness (QED) is 0.334. The third-order valence-corrected chi connectivity index (χ3v) is 3.93. The van der Waals surface area contributed by atoms with Gasteiger partial charge in [0.05, 0.1) is 15.4 Å². The molecule has 112 valence electrons. The zero-order valence-corrected chi connectivity index (χ0v) is 12.5. The number of hydrogen-bond acceptors (Lipinski definition) is 0. The summed E-state index contributed by atoms with van der Waals surface area (Å²) in [6.45, 7) is 0. The van der Waals surface area contributed by atoms with Gasteiger partial charge in [-0.05, 0) is 39.7 Å². The summed E-state index contributed by atoms with van der Waals surface area (Å²) in [6, 6.07) is 6.15. The summed E-state index contributed by atoms with van der Waals surface area (Å²) in [4.78, 5) is 0. The molecule has 0 saturated heterocycles. The molecule has 21 heavy (non-hydrogen) atoms. The van der Waals surface area contributed by atoms with Gasteiger partial charge in [-0.2, -0.15) is 13.2 Å². The third-order valence-electron chi connectivity index (χ3n) is 2.85. The van der Waals surface area contributed by atoms with Crippen molar-refractivity contribution in [3.8, 4) is 0 Å². The highest BCUT2D eigenvalue weighted by Crippen LogP contribution is 2.40. The Balaban J connectivity index is 2.56. The monoisotopic (exact) mass is 384 g/mol. The predicted octanol–water partition coefficient (Wildman–Crippen LogP) is 6.07. The summed E-state index contributed by atoms with van der Waals surface area (Å²) in [5.74, 6) is -1.69. The van der Waals surface area contributed by atoms with Crippen LogP contribution in [0.4, 0.5) is 22.0 Å². The largest absolute Gasteiger partial charge is 0.416 e. The summed E-state index contributed by atoms with van der Waals surface area (Å²) in [6.07, 6.45) is -4.63. The van der Waals surface area contributed by atoms with Crippen molar-refractivity contribution in [1.29, 1.82) is 0 Å². The van der Waals surface area contributed by atoms with Crippen molar-refractivity contribution in [2.45, 2.75) is 11.6 Å². The lowest BCUT2D eigenvalue weighted by atomic mass is 9.98. The van der Waals surface area contributed by atoms with E-state index in [-0.39, 0.29) is 15.6 Å². The maximum absolute atomic E-state index is 13.8. The molecule has 0 saturated carbocycles. The average Bonchev–Trinajstić information content (AvgIpc) is 2.41. The molecule has 0 spiro atoms. The first-order chi connectivity index (χ1) is 9.71. The van der Waals surface area contributed by atoms with E-state index in [1.807, 2.05) is 0 Å². The molecule has 1 unspecified atom stereocenters. The fraction of sp³-hybridized carbons (Fsp3) is 0.143. The van der Waals surface area contributed by atoms with Crippen molar-refractivity contribution in [3.05, 3.63) is 69.2 Å². The fourth-order valence-corrected chi connectivity index (χ4v) is 2.55. The second-order valence-electron chi connectivity index (χ2n) is 4.24. The van der Waals surface area contributed by atoms with Gasteiger partial charge in [0, 0.05) is 5.56 Å². The van der Waals surface area contributed by atoms with Crippen LogP contribution < -0.4 is 0 Å². The smallest absolute Gasteiger partial charge is 0.207 e. The molecule has 0 aromatic heterocycles. The van der Waals surface area contributed by atoms with E-state index in [1.54, 1.807) is 0 Å². The van der Waals surface area contributed by atoms with Gasteiger partial charge in [-0.25, -0.2) is 8.78 Å². The lowest BCUT2D eigenvalue weighted by Crippen LogP contribution is -2.11. The third kappa shape index (κ3) is 3.37. The van der Waals surface area contributed by atoms with Crippen molar-refractivity contribution in [2.75, 3.05) is 0 Å². The Morgan fingerprint density at radius 2 is 1.57 bits per heavy atom. The number of alkyl halides is 4. The van der Waals surface area contributed by atoms with Gasteiger partial charge in [-0.1, -0.05) is 18.2 Å². The molecular formula is C14H7BrClF5. The van der Waals surface area contributed by atoms with E-state index in [9.17, 15) is 22.0 Å². The van der Waals surface area contributed by atoms with Crippen LogP contribution in [0.15, 0.2) is 40.9 Å². The molecule has 0 aliphatic heterocycles. The second-order valence-corrected chi connectivity index (χ2v) is 5.53. The number of hydrogen-bond donors (Lipinski definition) is 0. The van der Waals surface area contributed by atoms with Gasteiger partial charge in [0.25, 0.3) is 0 Å². The molecule has 0 nitrogen and oxygen atoms in total. The van der Waals surface area contributed by atoms with Gasteiger partial charge in [-0.3, -0.25) is 0 Å². The first-order valence-corrected chi connectivity index (χ1v) is 6.89. The van der Waals surface area contributed by atoms with Gasteiger partial charge in [0.15, 0.2) is 0 Å². The number of rotatable bonds is 2. The Kier molecular flexibility index (Phi) is 4.58. The van der Waals surface area contributed by atoms with Gasteiger partial charge in [0.1, 0.15) is 11.6 Å². The zero-order chi connectivity index (χ0) is 15.8. The van der Waals surface area contributed by atoms with Crippen molar-refractivity contribution >= 4 is 27.5 Å². The molecule has 0 aliphatic carbocycles. The summed E-state index contributed by atoms with van der Waals surface area (Å²) < 4.78 is 66.0. The topological polar surface area (TPSA) is 0 Å². The molecule has 0 bridgehead atoms. The van der Waals surface area contributed by atoms with Gasteiger partial charge >= 0.3 is 6.18 Å². The molecule has 0 fully saturated rings. The van der Waals surface area contributed by atoms with E-state index in [0.29, 0.717) is 0 Å². The molecule has 2 aromatic carbocycles. The van der Waals surface area contributed by atoms with Crippen molar-refractivity contribution in [2.24, 2.45) is 0 Å². The van der Waals surface area contributed by atoms with E-state index in [1.165, 1.54) is 12.1 Å².